The van der Waals surface area contributed by atoms with Gasteiger partial charge in [0.05, 0.1) is 15.6 Å². The van der Waals surface area contributed by atoms with Crippen molar-refractivity contribution in [2.75, 3.05) is 0 Å². The van der Waals surface area contributed by atoms with E-state index in [1.54, 1.807) is 4.40 Å². The van der Waals surface area contributed by atoms with Gasteiger partial charge in [-0.05, 0) is 30.3 Å². The predicted octanol–water partition coefficient (Wildman–Crippen LogP) is 4.69. The van der Waals surface area contributed by atoms with Crippen LogP contribution in [0, 0.1) is 0 Å². The molecule has 0 aliphatic carbocycles. The second-order valence-electron chi connectivity index (χ2n) is 6.55. The molecule has 0 N–H and O–H groups in total. The molecule has 0 saturated carbocycles. The Hall–Kier alpha value is -3.15. The monoisotopic (exact) mass is 418 g/mol. The van der Waals surface area contributed by atoms with Crippen molar-refractivity contribution < 1.29 is 4.74 Å². The highest BCUT2D eigenvalue weighted by Crippen LogP contribution is 2.23. The van der Waals surface area contributed by atoms with Crippen LogP contribution in [0.2, 0.25) is 5.02 Å². The molecule has 142 valence electrons. The van der Waals surface area contributed by atoms with Crippen LogP contribution >= 0.6 is 22.9 Å². The lowest BCUT2D eigenvalue weighted by Gasteiger charge is -2.10. The zero-order chi connectivity index (χ0) is 19.8. The summed E-state index contributed by atoms with van der Waals surface area (Å²) in [7, 11) is 0. The Morgan fingerprint density at radius 1 is 1.00 bits per heavy atom. The zero-order valence-corrected chi connectivity index (χ0v) is 16.8. The molecule has 0 aliphatic rings. The summed E-state index contributed by atoms with van der Waals surface area (Å²) in [4.78, 5) is 18.2. The zero-order valence-electron chi connectivity index (χ0n) is 15.2. The Morgan fingerprint density at radius 2 is 1.76 bits per heavy atom. The Balaban J connectivity index is 1.55. The van der Waals surface area contributed by atoms with Gasteiger partial charge in [0, 0.05) is 16.1 Å². The van der Waals surface area contributed by atoms with E-state index in [1.165, 1.54) is 11.3 Å². The largest absolute Gasteiger partial charge is 0.488 e. The van der Waals surface area contributed by atoms with Gasteiger partial charge in [-0.3, -0.25) is 4.79 Å². The number of aromatic nitrogens is 2. The normalized spacial score (nSPS) is 12.1. The number of rotatable bonds is 4. The Morgan fingerprint density at radius 3 is 2.66 bits per heavy atom. The van der Waals surface area contributed by atoms with Gasteiger partial charge in [0.2, 0.25) is 0 Å². The van der Waals surface area contributed by atoms with Crippen LogP contribution in [-0.4, -0.2) is 9.38 Å². The average Bonchev–Trinajstić information content (AvgIpc) is 3.25. The van der Waals surface area contributed by atoms with E-state index in [0.29, 0.717) is 26.9 Å². The van der Waals surface area contributed by atoms with Crippen LogP contribution in [0.4, 0.5) is 0 Å². The molecule has 0 fully saturated rings. The number of halogens is 1. The molecule has 2 heterocycles. The molecule has 0 amide bonds. The molecule has 0 unspecified atom stereocenters. The number of benzene rings is 3. The van der Waals surface area contributed by atoms with Crippen molar-refractivity contribution in [2.24, 2.45) is 0 Å². The van der Waals surface area contributed by atoms with E-state index in [4.69, 9.17) is 16.3 Å². The van der Waals surface area contributed by atoms with Gasteiger partial charge < -0.3 is 4.74 Å². The molecule has 0 bridgehead atoms. The van der Waals surface area contributed by atoms with Crippen molar-refractivity contribution in [3.63, 3.8) is 0 Å². The number of hydrogen-bond acceptors (Lipinski definition) is 4. The SMILES string of the molecule is O=c1/c(=C\c2ccccc2OCc2ccccc2Cl)sc2nc3ccccc3n12. The van der Waals surface area contributed by atoms with Crippen molar-refractivity contribution in [3.05, 3.63) is 104 Å². The number of nitrogens with zero attached hydrogens (tertiary/aromatic N) is 2. The molecule has 0 saturated heterocycles. The lowest BCUT2D eigenvalue weighted by molar-refractivity contribution is 0.305. The quantitative estimate of drug-likeness (QED) is 0.425. The van der Waals surface area contributed by atoms with Crippen LogP contribution < -0.4 is 14.8 Å². The highest BCUT2D eigenvalue weighted by molar-refractivity contribution is 7.15. The van der Waals surface area contributed by atoms with E-state index in [0.717, 1.165) is 22.2 Å². The standard InChI is InChI=1S/C23H15ClN2O2S/c24-17-9-3-1-8-16(17)14-28-20-12-6-2-7-15(20)13-21-22(27)26-19-11-5-4-10-18(19)25-23(26)29-21/h1-13H,14H2/b21-13+. The molecule has 6 heteroatoms. The molecule has 3 aromatic carbocycles. The van der Waals surface area contributed by atoms with Crippen LogP contribution in [-0.2, 0) is 6.61 Å². The van der Waals surface area contributed by atoms with Gasteiger partial charge in [0.15, 0.2) is 4.96 Å². The highest BCUT2D eigenvalue weighted by Gasteiger charge is 2.11. The highest BCUT2D eigenvalue weighted by atomic mass is 35.5. The molecule has 0 atom stereocenters. The second kappa shape index (κ2) is 7.35. The maximum atomic E-state index is 13.0. The summed E-state index contributed by atoms with van der Waals surface area (Å²) < 4.78 is 8.29. The minimum Gasteiger partial charge on any atom is -0.488 e. The van der Waals surface area contributed by atoms with E-state index in [1.807, 2.05) is 78.9 Å². The Labute approximate surface area is 175 Å². The molecule has 29 heavy (non-hydrogen) atoms. The third-order valence-corrected chi connectivity index (χ3v) is 6.03. The van der Waals surface area contributed by atoms with Gasteiger partial charge in [-0.2, -0.15) is 0 Å². The van der Waals surface area contributed by atoms with E-state index < -0.39 is 0 Å². The maximum absolute atomic E-state index is 13.0. The minimum absolute atomic E-state index is 0.0698. The van der Waals surface area contributed by atoms with Crippen LogP contribution in [0.15, 0.2) is 77.6 Å². The molecule has 0 spiro atoms. The van der Waals surface area contributed by atoms with E-state index in [2.05, 4.69) is 4.98 Å². The summed E-state index contributed by atoms with van der Waals surface area (Å²) in [5, 5.41) is 0.669. The number of para-hydroxylation sites is 3. The first-order chi connectivity index (χ1) is 14.2. The van der Waals surface area contributed by atoms with Crippen molar-refractivity contribution in [3.8, 4) is 5.75 Å². The minimum atomic E-state index is -0.0698. The molecule has 2 aromatic heterocycles. The summed E-state index contributed by atoms with van der Waals surface area (Å²) >= 11 is 7.60. The van der Waals surface area contributed by atoms with Crippen LogP contribution in [0.5, 0.6) is 5.75 Å². The maximum Gasteiger partial charge on any atom is 0.274 e. The third-order valence-electron chi connectivity index (χ3n) is 4.69. The third kappa shape index (κ3) is 3.28. The fourth-order valence-electron chi connectivity index (χ4n) is 3.26. The van der Waals surface area contributed by atoms with Crippen molar-refractivity contribution in [1.29, 1.82) is 0 Å². The fraction of sp³-hybridized carbons (Fsp3) is 0.0435. The first kappa shape index (κ1) is 17.9. The lowest BCUT2D eigenvalue weighted by atomic mass is 10.2. The number of imidazole rings is 1. The first-order valence-electron chi connectivity index (χ1n) is 9.08. The summed E-state index contributed by atoms with van der Waals surface area (Å²) in [5.41, 5.74) is 3.33. The lowest BCUT2D eigenvalue weighted by Crippen LogP contribution is -2.22. The molecular weight excluding hydrogens is 404 g/mol. The van der Waals surface area contributed by atoms with Crippen molar-refractivity contribution in [2.45, 2.75) is 6.61 Å². The summed E-state index contributed by atoms with van der Waals surface area (Å²) in [6.07, 6.45) is 1.86. The van der Waals surface area contributed by atoms with Crippen molar-refractivity contribution >= 4 is 45.0 Å². The molecule has 0 radical (unpaired) electrons. The van der Waals surface area contributed by atoms with Crippen LogP contribution in [0.25, 0.3) is 22.1 Å². The molecule has 0 aliphatic heterocycles. The summed E-state index contributed by atoms with van der Waals surface area (Å²) in [5.74, 6) is 0.697. The number of fused-ring (bicyclic) bond motifs is 3. The van der Waals surface area contributed by atoms with Gasteiger partial charge in [-0.25, -0.2) is 9.38 Å². The summed E-state index contributed by atoms with van der Waals surface area (Å²) in [6, 6.07) is 22.9. The van der Waals surface area contributed by atoms with Gasteiger partial charge in [0.25, 0.3) is 5.56 Å². The predicted molar refractivity (Wildman–Crippen MR) is 118 cm³/mol. The van der Waals surface area contributed by atoms with E-state index >= 15 is 0 Å². The van der Waals surface area contributed by atoms with E-state index in [-0.39, 0.29) is 5.56 Å². The first-order valence-corrected chi connectivity index (χ1v) is 10.3. The van der Waals surface area contributed by atoms with Crippen molar-refractivity contribution in [1.82, 2.24) is 9.38 Å². The smallest absolute Gasteiger partial charge is 0.274 e. The number of ether oxygens (including phenoxy) is 1. The molecule has 5 rings (SSSR count). The second-order valence-corrected chi connectivity index (χ2v) is 7.97. The van der Waals surface area contributed by atoms with Gasteiger partial charge in [0.1, 0.15) is 12.4 Å². The fourth-order valence-corrected chi connectivity index (χ4v) is 4.42. The van der Waals surface area contributed by atoms with E-state index in [9.17, 15) is 4.79 Å². The summed E-state index contributed by atoms with van der Waals surface area (Å²) in [6.45, 7) is 0.354. The van der Waals surface area contributed by atoms with Gasteiger partial charge in [-0.15, -0.1) is 0 Å². The molecule has 4 nitrogen and oxygen atoms in total. The van der Waals surface area contributed by atoms with Gasteiger partial charge >= 0.3 is 0 Å². The van der Waals surface area contributed by atoms with Crippen LogP contribution in [0.1, 0.15) is 11.1 Å². The number of hydrogen-bond donors (Lipinski definition) is 0. The number of thiazole rings is 1. The van der Waals surface area contributed by atoms with Crippen LogP contribution in [0.3, 0.4) is 0 Å². The molecule has 5 aromatic rings. The topological polar surface area (TPSA) is 43.6 Å². The van der Waals surface area contributed by atoms with Gasteiger partial charge in [-0.1, -0.05) is 71.5 Å². The molecular formula is C23H15ClN2O2S. The Kier molecular flexibility index (Phi) is 4.54. The Bertz CT molecular complexity index is 1460. The average molecular weight is 419 g/mol.